The van der Waals surface area contributed by atoms with Gasteiger partial charge < -0.3 is 0 Å². The largest absolute Gasteiger partial charge is 0.288 e. The van der Waals surface area contributed by atoms with Crippen LogP contribution in [0.2, 0.25) is 8.67 Å². The fraction of sp³-hybridized carbons (Fsp3) is 0. The Bertz CT molecular complexity index is 595. The van der Waals surface area contributed by atoms with Crippen molar-refractivity contribution in [3.63, 3.8) is 0 Å². The summed E-state index contributed by atoms with van der Waals surface area (Å²) in [5.41, 5.74) is -0.116. The standard InChI is InChI=1S/C11H4Cl2F2OS/c12-9-4-7(11(13)17-9)10(16)6-2-1-5(14)3-8(6)15/h1-4H. The molecule has 0 saturated carbocycles. The first-order chi connectivity index (χ1) is 7.99. The van der Waals surface area contributed by atoms with Crippen LogP contribution < -0.4 is 0 Å². The SMILES string of the molecule is O=C(c1ccc(F)cc1F)c1cc(Cl)sc1Cl. The predicted octanol–water partition coefficient (Wildman–Crippen LogP) is 4.56. The summed E-state index contributed by atoms with van der Waals surface area (Å²) in [6, 6.07) is 4.10. The summed E-state index contributed by atoms with van der Waals surface area (Å²) in [7, 11) is 0. The summed E-state index contributed by atoms with van der Waals surface area (Å²) in [6.45, 7) is 0. The molecule has 0 unspecified atom stereocenters. The lowest BCUT2D eigenvalue weighted by Gasteiger charge is -2.01. The third-order valence-corrected chi connectivity index (χ3v) is 3.56. The van der Waals surface area contributed by atoms with E-state index >= 15 is 0 Å². The van der Waals surface area contributed by atoms with E-state index in [0.29, 0.717) is 10.4 Å². The number of rotatable bonds is 2. The molecule has 0 aliphatic carbocycles. The molecule has 1 heterocycles. The first kappa shape index (κ1) is 12.5. The van der Waals surface area contributed by atoms with Crippen LogP contribution in [0, 0.1) is 11.6 Å². The fourth-order valence-corrected chi connectivity index (χ4v) is 2.77. The second-order valence-corrected chi connectivity index (χ2v) is 5.48. The van der Waals surface area contributed by atoms with Crippen molar-refractivity contribution in [2.75, 3.05) is 0 Å². The zero-order valence-corrected chi connectivity index (χ0v) is 10.5. The van der Waals surface area contributed by atoms with E-state index in [9.17, 15) is 13.6 Å². The van der Waals surface area contributed by atoms with Gasteiger partial charge in [0.1, 0.15) is 16.0 Å². The van der Waals surface area contributed by atoms with Crippen molar-refractivity contribution in [3.05, 3.63) is 55.7 Å². The molecule has 0 aliphatic heterocycles. The second-order valence-electron chi connectivity index (χ2n) is 3.19. The van der Waals surface area contributed by atoms with Crippen LogP contribution in [0.3, 0.4) is 0 Å². The highest BCUT2D eigenvalue weighted by molar-refractivity contribution is 7.20. The Balaban J connectivity index is 2.47. The number of halogens is 4. The van der Waals surface area contributed by atoms with Crippen molar-refractivity contribution >= 4 is 40.3 Å². The molecule has 0 saturated heterocycles. The van der Waals surface area contributed by atoms with Gasteiger partial charge in [0.15, 0.2) is 5.78 Å². The van der Waals surface area contributed by atoms with Crippen LogP contribution >= 0.6 is 34.5 Å². The Morgan fingerprint density at radius 1 is 1.12 bits per heavy atom. The molecule has 1 nitrogen and oxygen atoms in total. The van der Waals surface area contributed by atoms with E-state index in [2.05, 4.69) is 0 Å². The molecule has 0 bridgehead atoms. The maximum absolute atomic E-state index is 13.4. The van der Waals surface area contributed by atoms with Gasteiger partial charge in [-0.2, -0.15) is 0 Å². The van der Waals surface area contributed by atoms with Crippen molar-refractivity contribution in [2.45, 2.75) is 0 Å². The van der Waals surface area contributed by atoms with Crippen LogP contribution in [0.15, 0.2) is 24.3 Å². The Labute approximate surface area is 110 Å². The lowest BCUT2D eigenvalue weighted by Crippen LogP contribution is -2.03. The van der Waals surface area contributed by atoms with Gasteiger partial charge in [0.05, 0.1) is 15.5 Å². The van der Waals surface area contributed by atoms with Gasteiger partial charge in [0, 0.05) is 6.07 Å². The van der Waals surface area contributed by atoms with Gasteiger partial charge in [0.2, 0.25) is 0 Å². The first-order valence-corrected chi connectivity index (χ1v) is 6.01. The van der Waals surface area contributed by atoms with E-state index in [1.807, 2.05) is 0 Å². The Morgan fingerprint density at radius 3 is 2.35 bits per heavy atom. The molecule has 6 heteroatoms. The minimum absolute atomic E-state index is 0.118. The molecule has 0 atom stereocenters. The first-order valence-electron chi connectivity index (χ1n) is 4.43. The molecule has 88 valence electrons. The van der Waals surface area contributed by atoms with E-state index in [1.54, 1.807) is 0 Å². The van der Waals surface area contributed by atoms with Gasteiger partial charge in [-0.15, -0.1) is 11.3 Å². The summed E-state index contributed by atoms with van der Waals surface area (Å²) in [5, 5.41) is 0. The maximum atomic E-state index is 13.4. The second kappa shape index (κ2) is 4.72. The van der Waals surface area contributed by atoms with Gasteiger partial charge in [-0.1, -0.05) is 23.2 Å². The van der Waals surface area contributed by atoms with Crippen LogP contribution in [0.4, 0.5) is 8.78 Å². The Kier molecular flexibility index (Phi) is 3.47. The average molecular weight is 293 g/mol. The van der Waals surface area contributed by atoms with E-state index in [1.165, 1.54) is 6.07 Å². The van der Waals surface area contributed by atoms with E-state index in [0.717, 1.165) is 23.5 Å². The van der Waals surface area contributed by atoms with Crippen molar-refractivity contribution in [1.29, 1.82) is 0 Å². The van der Waals surface area contributed by atoms with E-state index in [-0.39, 0.29) is 15.5 Å². The number of benzene rings is 1. The van der Waals surface area contributed by atoms with E-state index < -0.39 is 17.4 Å². The van der Waals surface area contributed by atoms with Crippen LogP contribution in [0.5, 0.6) is 0 Å². The summed E-state index contributed by atoms with van der Waals surface area (Å²) in [5.74, 6) is -2.28. The molecule has 0 aliphatic rings. The summed E-state index contributed by atoms with van der Waals surface area (Å²) >= 11 is 12.5. The molecule has 0 fully saturated rings. The highest BCUT2D eigenvalue weighted by Gasteiger charge is 2.19. The van der Waals surface area contributed by atoms with Crippen molar-refractivity contribution < 1.29 is 13.6 Å². The Hall–Kier alpha value is -0.970. The third kappa shape index (κ3) is 2.49. The highest BCUT2D eigenvalue weighted by atomic mass is 35.5. The highest BCUT2D eigenvalue weighted by Crippen LogP contribution is 2.32. The minimum atomic E-state index is -0.923. The Morgan fingerprint density at radius 2 is 1.82 bits per heavy atom. The number of hydrogen-bond donors (Lipinski definition) is 0. The van der Waals surface area contributed by atoms with E-state index in [4.69, 9.17) is 23.2 Å². The topological polar surface area (TPSA) is 17.1 Å². The predicted molar refractivity (Wildman–Crippen MR) is 64.1 cm³/mol. The molecule has 17 heavy (non-hydrogen) atoms. The zero-order chi connectivity index (χ0) is 12.6. The van der Waals surface area contributed by atoms with Gasteiger partial charge >= 0.3 is 0 Å². The third-order valence-electron chi connectivity index (χ3n) is 2.08. The molecule has 0 spiro atoms. The van der Waals surface area contributed by atoms with Crippen molar-refractivity contribution in [3.8, 4) is 0 Å². The molecular formula is C11H4Cl2F2OS. The summed E-state index contributed by atoms with van der Waals surface area (Å²) < 4.78 is 26.6. The summed E-state index contributed by atoms with van der Waals surface area (Å²) in [6.07, 6.45) is 0. The van der Waals surface area contributed by atoms with Crippen LogP contribution in [-0.4, -0.2) is 5.78 Å². The molecular weight excluding hydrogens is 289 g/mol. The maximum Gasteiger partial charge on any atom is 0.198 e. The fourth-order valence-electron chi connectivity index (χ4n) is 1.31. The van der Waals surface area contributed by atoms with Gasteiger partial charge in [0.25, 0.3) is 0 Å². The number of carbonyl (C=O) groups excluding carboxylic acids is 1. The smallest absolute Gasteiger partial charge is 0.198 e. The number of carbonyl (C=O) groups is 1. The van der Waals surface area contributed by atoms with Crippen LogP contribution in [-0.2, 0) is 0 Å². The molecule has 1 aromatic heterocycles. The summed E-state index contributed by atoms with van der Waals surface area (Å²) in [4.78, 5) is 11.9. The molecule has 0 amide bonds. The quantitative estimate of drug-likeness (QED) is 0.742. The molecule has 2 rings (SSSR count). The van der Waals surface area contributed by atoms with Crippen LogP contribution in [0.1, 0.15) is 15.9 Å². The molecule has 0 radical (unpaired) electrons. The normalized spacial score (nSPS) is 10.6. The lowest BCUT2D eigenvalue weighted by molar-refractivity contribution is 0.103. The van der Waals surface area contributed by atoms with Gasteiger partial charge in [-0.3, -0.25) is 4.79 Å². The zero-order valence-electron chi connectivity index (χ0n) is 8.14. The molecule has 2 aromatic rings. The van der Waals surface area contributed by atoms with Crippen molar-refractivity contribution in [2.24, 2.45) is 0 Å². The minimum Gasteiger partial charge on any atom is -0.288 e. The average Bonchev–Trinajstić information content (AvgIpc) is 2.57. The number of ketones is 1. The van der Waals surface area contributed by atoms with Crippen LogP contribution in [0.25, 0.3) is 0 Å². The van der Waals surface area contributed by atoms with Gasteiger partial charge in [-0.25, -0.2) is 8.78 Å². The lowest BCUT2D eigenvalue weighted by atomic mass is 10.1. The number of hydrogen-bond acceptors (Lipinski definition) is 2. The molecule has 1 aromatic carbocycles. The number of thiophene rings is 1. The van der Waals surface area contributed by atoms with Gasteiger partial charge in [-0.05, 0) is 18.2 Å². The monoisotopic (exact) mass is 292 g/mol. The molecule has 0 N–H and O–H groups in total. The van der Waals surface area contributed by atoms with Crippen molar-refractivity contribution in [1.82, 2.24) is 0 Å².